The smallest absolute Gasteiger partial charge is 0.244 e. The van der Waals surface area contributed by atoms with E-state index in [2.05, 4.69) is 21.2 Å². The van der Waals surface area contributed by atoms with Gasteiger partial charge in [0, 0.05) is 17.1 Å². The van der Waals surface area contributed by atoms with E-state index >= 15 is 0 Å². The predicted molar refractivity (Wildman–Crippen MR) is 131 cm³/mol. The van der Waals surface area contributed by atoms with Crippen LogP contribution in [0, 0.1) is 0 Å². The number of anilines is 1. The number of halogens is 1. The largest absolute Gasteiger partial charge is 0.352 e. The molecular formula is C23H30BrN3O4S. The van der Waals surface area contributed by atoms with Crippen molar-refractivity contribution < 1.29 is 18.0 Å². The highest BCUT2D eigenvalue weighted by Crippen LogP contribution is 2.23. The summed E-state index contributed by atoms with van der Waals surface area (Å²) in [5, 5.41) is 2.90. The van der Waals surface area contributed by atoms with Crippen molar-refractivity contribution in [3.8, 4) is 0 Å². The summed E-state index contributed by atoms with van der Waals surface area (Å²) in [5.41, 5.74) is 1.21. The van der Waals surface area contributed by atoms with Crippen molar-refractivity contribution in [2.24, 2.45) is 0 Å². The highest BCUT2D eigenvalue weighted by atomic mass is 79.9. The topological polar surface area (TPSA) is 86.8 Å². The first-order valence-corrected chi connectivity index (χ1v) is 13.0. The van der Waals surface area contributed by atoms with Crippen molar-refractivity contribution in [2.75, 3.05) is 17.1 Å². The monoisotopic (exact) mass is 523 g/mol. The maximum absolute atomic E-state index is 13.4. The molecule has 0 heterocycles. The maximum atomic E-state index is 13.4. The number of hydrogen-bond acceptors (Lipinski definition) is 4. The molecule has 32 heavy (non-hydrogen) atoms. The number of nitrogens with one attached hydrogen (secondary N) is 1. The van der Waals surface area contributed by atoms with E-state index in [1.54, 1.807) is 31.2 Å². The fourth-order valence-corrected chi connectivity index (χ4v) is 4.30. The summed E-state index contributed by atoms with van der Waals surface area (Å²) < 4.78 is 26.8. The number of benzene rings is 2. The highest BCUT2D eigenvalue weighted by molar-refractivity contribution is 9.10. The van der Waals surface area contributed by atoms with E-state index in [9.17, 15) is 18.0 Å². The molecule has 0 fully saturated rings. The lowest BCUT2D eigenvalue weighted by Gasteiger charge is -2.32. The molecule has 0 saturated heterocycles. The number of amides is 2. The van der Waals surface area contributed by atoms with E-state index in [0.29, 0.717) is 10.2 Å². The zero-order valence-corrected chi connectivity index (χ0v) is 21.2. The first-order valence-electron chi connectivity index (χ1n) is 10.4. The van der Waals surface area contributed by atoms with Gasteiger partial charge in [-0.05, 0) is 44.0 Å². The van der Waals surface area contributed by atoms with Crippen LogP contribution < -0.4 is 9.62 Å². The van der Waals surface area contributed by atoms with Crippen molar-refractivity contribution in [2.45, 2.75) is 45.8 Å². The summed E-state index contributed by atoms with van der Waals surface area (Å²) in [6.45, 7) is 5.29. The van der Waals surface area contributed by atoms with Gasteiger partial charge in [0.25, 0.3) is 0 Å². The van der Waals surface area contributed by atoms with E-state index in [1.807, 2.05) is 44.2 Å². The molecule has 0 aliphatic rings. The number of carbonyl (C=O) groups excluding carboxylic acids is 2. The van der Waals surface area contributed by atoms with Crippen molar-refractivity contribution in [1.82, 2.24) is 10.2 Å². The molecule has 9 heteroatoms. The molecule has 7 nitrogen and oxygen atoms in total. The molecule has 0 aliphatic carbocycles. The Bertz CT molecular complexity index is 1030. The first kappa shape index (κ1) is 25.9. The third-order valence-corrected chi connectivity index (χ3v) is 6.77. The Labute approximate surface area is 199 Å². The third kappa shape index (κ3) is 7.34. The van der Waals surface area contributed by atoms with E-state index in [0.717, 1.165) is 22.5 Å². The van der Waals surface area contributed by atoms with Crippen LogP contribution in [0.25, 0.3) is 0 Å². The van der Waals surface area contributed by atoms with Crippen LogP contribution in [-0.2, 0) is 26.2 Å². The molecule has 0 saturated carbocycles. The van der Waals surface area contributed by atoms with Gasteiger partial charge in [-0.2, -0.15) is 0 Å². The van der Waals surface area contributed by atoms with Gasteiger partial charge in [-0.3, -0.25) is 13.9 Å². The molecule has 0 aromatic heterocycles. The van der Waals surface area contributed by atoms with Crippen molar-refractivity contribution in [3.05, 3.63) is 64.6 Å². The molecule has 0 spiro atoms. The highest BCUT2D eigenvalue weighted by Gasteiger charge is 2.30. The van der Waals surface area contributed by atoms with Crippen LogP contribution in [0.5, 0.6) is 0 Å². The fraction of sp³-hybridized carbons (Fsp3) is 0.391. The number of nitrogens with zero attached hydrogens (tertiary/aromatic N) is 2. The van der Waals surface area contributed by atoms with Crippen LogP contribution in [-0.4, -0.2) is 50.0 Å². The second-order valence-corrected chi connectivity index (χ2v) is 10.6. The van der Waals surface area contributed by atoms with E-state index in [-0.39, 0.29) is 18.5 Å². The van der Waals surface area contributed by atoms with Gasteiger partial charge in [0.15, 0.2) is 0 Å². The molecular weight excluding hydrogens is 494 g/mol. The number of rotatable bonds is 10. The van der Waals surface area contributed by atoms with E-state index in [4.69, 9.17) is 0 Å². The molecule has 2 aromatic rings. The van der Waals surface area contributed by atoms with Gasteiger partial charge >= 0.3 is 0 Å². The quantitative estimate of drug-likeness (QED) is 0.515. The van der Waals surface area contributed by atoms with Crippen LogP contribution in [0.2, 0.25) is 0 Å². The van der Waals surface area contributed by atoms with Crippen molar-refractivity contribution in [3.63, 3.8) is 0 Å². The third-order valence-electron chi connectivity index (χ3n) is 5.14. The van der Waals surface area contributed by atoms with E-state index < -0.39 is 28.5 Å². The summed E-state index contributed by atoms with van der Waals surface area (Å²) in [5.74, 6) is -0.747. The normalized spacial score (nSPS) is 13.2. The van der Waals surface area contributed by atoms with Crippen molar-refractivity contribution >= 4 is 43.5 Å². The van der Waals surface area contributed by atoms with Crippen molar-refractivity contribution in [1.29, 1.82) is 0 Å². The average Bonchev–Trinajstić information content (AvgIpc) is 2.74. The van der Waals surface area contributed by atoms with Crippen LogP contribution in [0.3, 0.4) is 0 Å². The summed E-state index contributed by atoms with van der Waals surface area (Å²) in [4.78, 5) is 27.6. The minimum absolute atomic E-state index is 0.0344. The second-order valence-electron chi connectivity index (χ2n) is 7.75. The number of hydrogen-bond donors (Lipinski definition) is 1. The van der Waals surface area contributed by atoms with Crippen LogP contribution >= 0.6 is 15.9 Å². The zero-order valence-electron chi connectivity index (χ0n) is 18.8. The van der Waals surface area contributed by atoms with Gasteiger partial charge in [0.05, 0.1) is 11.9 Å². The van der Waals surface area contributed by atoms with Gasteiger partial charge in [0.2, 0.25) is 21.8 Å². The molecule has 2 rings (SSSR count). The molecule has 174 valence electrons. The van der Waals surface area contributed by atoms with Gasteiger partial charge in [-0.25, -0.2) is 8.42 Å². The van der Waals surface area contributed by atoms with Gasteiger partial charge in [0.1, 0.15) is 12.6 Å². The lowest BCUT2D eigenvalue weighted by molar-refractivity contribution is -0.139. The fourth-order valence-electron chi connectivity index (χ4n) is 3.07. The van der Waals surface area contributed by atoms with Gasteiger partial charge < -0.3 is 10.2 Å². The van der Waals surface area contributed by atoms with Crippen LogP contribution in [0.4, 0.5) is 5.69 Å². The zero-order chi connectivity index (χ0) is 23.9. The lowest BCUT2D eigenvalue weighted by atomic mass is 10.1. The Morgan fingerprint density at radius 2 is 1.72 bits per heavy atom. The Morgan fingerprint density at radius 1 is 1.06 bits per heavy atom. The Kier molecular flexibility index (Phi) is 9.27. The van der Waals surface area contributed by atoms with Gasteiger partial charge in [-0.15, -0.1) is 0 Å². The average molecular weight is 524 g/mol. The molecule has 2 atom stereocenters. The van der Waals surface area contributed by atoms with E-state index in [1.165, 1.54) is 4.90 Å². The Morgan fingerprint density at radius 3 is 2.28 bits per heavy atom. The standard InChI is InChI=1S/C23H30BrN3O4S/c1-5-17(2)25-23(29)18(3)26(15-19-10-7-6-8-11-19)22(28)16-27(32(4,30)31)21-13-9-12-20(24)14-21/h6-14,17-18H,5,15-16H2,1-4H3,(H,25,29). The maximum Gasteiger partial charge on any atom is 0.244 e. The lowest BCUT2D eigenvalue weighted by Crippen LogP contribution is -2.52. The molecule has 1 N–H and O–H groups in total. The SMILES string of the molecule is CCC(C)NC(=O)C(C)N(Cc1ccccc1)C(=O)CN(c1cccc(Br)c1)S(C)(=O)=O. The minimum atomic E-state index is -3.74. The number of carbonyl (C=O) groups is 2. The molecule has 2 amide bonds. The summed E-state index contributed by atoms with van der Waals surface area (Å²) in [6, 6.07) is 15.2. The summed E-state index contributed by atoms with van der Waals surface area (Å²) in [6.07, 6.45) is 1.82. The van der Waals surface area contributed by atoms with Crippen LogP contribution in [0.1, 0.15) is 32.8 Å². The Hall–Kier alpha value is -2.39. The molecule has 2 unspecified atom stereocenters. The molecule has 2 aromatic carbocycles. The Balaban J connectivity index is 2.35. The summed E-state index contributed by atoms with van der Waals surface area (Å²) in [7, 11) is -3.74. The molecule has 0 aliphatic heterocycles. The second kappa shape index (κ2) is 11.5. The van der Waals surface area contributed by atoms with Gasteiger partial charge in [-0.1, -0.05) is 59.3 Å². The van der Waals surface area contributed by atoms with Crippen LogP contribution in [0.15, 0.2) is 59.1 Å². The molecule has 0 radical (unpaired) electrons. The first-order chi connectivity index (χ1) is 15.0. The predicted octanol–water partition coefficient (Wildman–Crippen LogP) is 3.55. The molecule has 0 bridgehead atoms. The summed E-state index contributed by atoms with van der Waals surface area (Å²) >= 11 is 3.34. The minimum Gasteiger partial charge on any atom is -0.352 e. The number of sulfonamides is 1.